The van der Waals surface area contributed by atoms with Crippen molar-refractivity contribution in [2.24, 2.45) is 0 Å². The summed E-state index contributed by atoms with van der Waals surface area (Å²) in [5.41, 5.74) is -0.783. The van der Waals surface area contributed by atoms with Crippen LogP contribution in [-0.2, 0) is 11.0 Å². The summed E-state index contributed by atoms with van der Waals surface area (Å²) in [6, 6.07) is 4.09. The van der Waals surface area contributed by atoms with E-state index in [1.165, 1.54) is 12.1 Å². The summed E-state index contributed by atoms with van der Waals surface area (Å²) in [6.07, 6.45) is -4.07. The van der Waals surface area contributed by atoms with Crippen LogP contribution in [0.1, 0.15) is 12.0 Å². The number of hydrogen-bond donors (Lipinski definition) is 1. The maximum Gasteiger partial charge on any atom is 0.416 e. The molecule has 1 aliphatic heterocycles. The molecule has 2 rings (SSSR count). The van der Waals surface area contributed by atoms with Crippen LogP contribution in [0.5, 0.6) is 5.75 Å². The highest BCUT2D eigenvalue weighted by molar-refractivity contribution is 6.01. The standard InChI is InChI=1S/C13H13F3N2O3/c14-13(15,16)9-3-1-4-10(7-9)21-6-2-5-18-11(19)8-17-12(18)20/h1,3-4,7H,2,5-6,8H2,(H,17,20). The number of rotatable bonds is 5. The van der Waals surface area contributed by atoms with Crippen molar-refractivity contribution in [2.75, 3.05) is 19.7 Å². The third-order valence-electron chi connectivity index (χ3n) is 2.89. The van der Waals surface area contributed by atoms with Crippen LogP contribution in [0.4, 0.5) is 18.0 Å². The van der Waals surface area contributed by atoms with Gasteiger partial charge >= 0.3 is 12.2 Å². The number of imide groups is 1. The molecule has 0 atom stereocenters. The largest absolute Gasteiger partial charge is 0.494 e. The number of nitrogens with one attached hydrogen (secondary N) is 1. The number of carbonyl (C=O) groups excluding carboxylic acids is 2. The molecule has 1 aliphatic rings. The number of hydrogen-bond acceptors (Lipinski definition) is 3. The first-order valence-electron chi connectivity index (χ1n) is 6.26. The summed E-state index contributed by atoms with van der Waals surface area (Å²) in [4.78, 5) is 23.6. The summed E-state index contributed by atoms with van der Waals surface area (Å²) in [5.74, 6) is -0.221. The van der Waals surface area contributed by atoms with E-state index in [1.807, 2.05) is 0 Å². The van der Waals surface area contributed by atoms with Gasteiger partial charge in [0.15, 0.2) is 0 Å². The van der Waals surface area contributed by atoms with E-state index in [4.69, 9.17) is 4.74 Å². The van der Waals surface area contributed by atoms with Crippen molar-refractivity contribution in [3.8, 4) is 5.75 Å². The zero-order valence-electron chi connectivity index (χ0n) is 10.9. The third kappa shape index (κ3) is 3.87. The Bertz CT molecular complexity index is 530. The molecule has 0 aromatic heterocycles. The lowest BCUT2D eigenvalue weighted by molar-refractivity contribution is -0.137. The third-order valence-corrected chi connectivity index (χ3v) is 2.89. The molecule has 21 heavy (non-hydrogen) atoms. The maximum atomic E-state index is 12.5. The van der Waals surface area contributed by atoms with Crippen LogP contribution in [0.2, 0.25) is 0 Å². The Kier molecular flexibility index (Phi) is 4.35. The normalized spacial score (nSPS) is 15.3. The smallest absolute Gasteiger partial charge is 0.416 e. The van der Waals surface area contributed by atoms with Crippen molar-refractivity contribution >= 4 is 11.9 Å². The van der Waals surface area contributed by atoms with Gasteiger partial charge in [0.25, 0.3) is 0 Å². The van der Waals surface area contributed by atoms with Gasteiger partial charge in [-0.2, -0.15) is 13.2 Å². The molecular weight excluding hydrogens is 289 g/mol. The van der Waals surface area contributed by atoms with Crippen LogP contribution in [0.3, 0.4) is 0 Å². The summed E-state index contributed by atoms with van der Waals surface area (Å²) < 4.78 is 42.7. The quantitative estimate of drug-likeness (QED) is 0.669. The van der Waals surface area contributed by atoms with E-state index in [1.54, 1.807) is 0 Å². The van der Waals surface area contributed by atoms with Gasteiger partial charge in [0, 0.05) is 6.54 Å². The van der Waals surface area contributed by atoms with Crippen molar-refractivity contribution < 1.29 is 27.5 Å². The number of urea groups is 1. The van der Waals surface area contributed by atoms with Crippen LogP contribution >= 0.6 is 0 Å². The zero-order chi connectivity index (χ0) is 15.5. The Morgan fingerprint density at radius 2 is 2.05 bits per heavy atom. The highest BCUT2D eigenvalue weighted by atomic mass is 19.4. The van der Waals surface area contributed by atoms with Crippen LogP contribution in [-0.4, -0.2) is 36.5 Å². The summed E-state index contributed by atoms with van der Waals surface area (Å²) in [5, 5.41) is 2.37. The average molecular weight is 302 g/mol. The fourth-order valence-corrected chi connectivity index (χ4v) is 1.86. The molecule has 1 aromatic rings. The van der Waals surface area contributed by atoms with Gasteiger partial charge in [-0.25, -0.2) is 4.79 Å². The molecule has 1 saturated heterocycles. The first-order valence-corrected chi connectivity index (χ1v) is 6.26. The molecule has 0 radical (unpaired) electrons. The van der Waals surface area contributed by atoms with Crippen molar-refractivity contribution in [2.45, 2.75) is 12.6 Å². The molecular formula is C13H13F3N2O3. The molecule has 0 aliphatic carbocycles. The molecule has 5 nitrogen and oxygen atoms in total. The van der Waals surface area contributed by atoms with Gasteiger partial charge in [0.2, 0.25) is 5.91 Å². The van der Waals surface area contributed by atoms with Crippen molar-refractivity contribution in [3.63, 3.8) is 0 Å². The Hall–Kier alpha value is -2.25. The minimum absolute atomic E-state index is 0.0205. The Balaban J connectivity index is 1.81. The first kappa shape index (κ1) is 15.1. The van der Waals surface area contributed by atoms with Crippen molar-refractivity contribution in [1.82, 2.24) is 10.2 Å². The number of carbonyl (C=O) groups is 2. The van der Waals surface area contributed by atoms with Crippen molar-refractivity contribution in [1.29, 1.82) is 0 Å². The van der Waals surface area contributed by atoms with E-state index < -0.39 is 17.8 Å². The lowest BCUT2D eigenvalue weighted by atomic mass is 10.2. The van der Waals surface area contributed by atoms with Gasteiger partial charge in [-0.15, -0.1) is 0 Å². The second-order valence-corrected chi connectivity index (χ2v) is 4.43. The highest BCUT2D eigenvalue weighted by Crippen LogP contribution is 2.31. The molecule has 1 heterocycles. The van der Waals surface area contributed by atoms with E-state index in [-0.39, 0.29) is 31.4 Å². The fraction of sp³-hybridized carbons (Fsp3) is 0.385. The van der Waals surface area contributed by atoms with E-state index in [2.05, 4.69) is 5.32 Å². The Labute approximate surface area is 118 Å². The van der Waals surface area contributed by atoms with Crippen LogP contribution in [0.25, 0.3) is 0 Å². The first-order chi connectivity index (χ1) is 9.88. The van der Waals surface area contributed by atoms with Gasteiger partial charge in [-0.3, -0.25) is 9.69 Å². The molecule has 0 bridgehead atoms. The van der Waals surface area contributed by atoms with Crippen LogP contribution < -0.4 is 10.1 Å². The highest BCUT2D eigenvalue weighted by Gasteiger charge is 2.30. The lowest BCUT2D eigenvalue weighted by Crippen LogP contribution is -2.32. The zero-order valence-corrected chi connectivity index (χ0v) is 10.9. The van der Waals surface area contributed by atoms with Crippen molar-refractivity contribution in [3.05, 3.63) is 29.8 Å². The van der Waals surface area contributed by atoms with Crippen LogP contribution in [0.15, 0.2) is 24.3 Å². The summed E-state index contributed by atoms with van der Waals surface area (Å²) >= 11 is 0. The molecule has 0 saturated carbocycles. The minimum Gasteiger partial charge on any atom is -0.494 e. The number of nitrogens with zero attached hydrogens (tertiary/aromatic N) is 1. The molecule has 8 heteroatoms. The van der Waals surface area contributed by atoms with Crippen LogP contribution in [0, 0.1) is 0 Å². The fourth-order valence-electron chi connectivity index (χ4n) is 1.86. The Morgan fingerprint density at radius 1 is 1.29 bits per heavy atom. The number of amides is 3. The molecule has 3 amide bonds. The van der Waals surface area contributed by atoms with Gasteiger partial charge in [-0.1, -0.05) is 6.07 Å². The number of benzene rings is 1. The molecule has 0 spiro atoms. The SMILES string of the molecule is O=C1CNC(=O)N1CCCOc1cccc(C(F)(F)F)c1. The molecule has 1 aromatic carbocycles. The molecule has 1 N–H and O–H groups in total. The van der Waals surface area contributed by atoms with E-state index >= 15 is 0 Å². The molecule has 0 unspecified atom stereocenters. The molecule has 1 fully saturated rings. The van der Waals surface area contributed by atoms with Gasteiger partial charge in [0.1, 0.15) is 5.75 Å². The maximum absolute atomic E-state index is 12.5. The molecule has 114 valence electrons. The second kappa shape index (κ2) is 6.02. The van der Waals surface area contributed by atoms with Gasteiger partial charge in [0.05, 0.1) is 18.7 Å². The number of alkyl halides is 3. The monoisotopic (exact) mass is 302 g/mol. The number of halogens is 3. The number of ether oxygens (including phenoxy) is 1. The van der Waals surface area contributed by atoms with E-state index in [0.717, 1.165) is 17.0 Å². The van der Waals surface area contributed by atoms with Gasteiger partial charge < -0.3 is 10.1 Å². The summed E-state index contributed by atoms with van der Waals surface area (Å²) in [6.45, 7) is 0.259. The van der Waals surface area contributed by atoms with Gasteiger partial charge in [-0.05, 0) is 24.6 Å². The summed E-state index contributed by atoms with van der Waals surface area (Å²) in [7, 11) is 0. The lowest BCUT2D eigenvalue weighted by Gasteiger charge is -2.13. The van der Waals surface area contributed by atoms with E-state index in [0.29, 0.717) is 6.42 Å². The predicted octanol–water partition coefficient (Wildman–Crippen LogP) is 2.03. The topological polar surface area (TPSA) is 58.6 Å². The predicted molar refractivity (Wildman–Crippen MR) is 66.7 cm³/mol. The second-order valence-electron chi connectivity index (χ2n) is 4.43. The van der Waals surface area contributed by atoms with E-state index in [9.17, 15) is 22.8 Å². The average Bonchev–Trinajstić information content (AvgIpc) is 2.74. The minimum atomic E-state index is -4.42. The Morgan fingerprint density at radius 3 is 2.67 bits per heavy atom.